The molecule has 3 aromatic carbocycles. The van der Waals surface area contributed by atoms with Gasteiger partial charge in [0, 0.05) is 28.7 Å². The number of rotatable bonds is 6. The average Bonchev–Trinajstić information content (AvgIpc) is 3.15. The summed E-state index contributed by atoms with van der Waals surface area (Å²) in [6.45, 7) is 1.84. The number of carbonyl (C=O) groups is 2. The number of carboxylic acids is 1. The van der Waals surface area contributed by atoms with Crippen LogP contribution in [0.5, 0.6) is 0 Å². The van der Waals surface area contributed by atoms with Crippen LogP contribution in [0.15, 0.2) is 66.7 Å². The second kappa shape index (κ2) is 9.37. The Kier molecular flexibility index (Phi) is 6.12. The molecule has 0 spiro atoms. The Labute approximate surface area is 202 Å². The predicted octanol–water partition coefficient (Wildman–Crippen LogP) is 5.66. The van der Waals surface area contributed by atoms with E-state index in [1.807, 2.05) is 47.9 Å². The van der Waals surface area contributed by atoms with Gasteiger partial charge in [-0.25, -0.2) is 9.18 Å². The van der Waals surface area contributed by atoms with Crippen molar-refractivity contribution in [2.24, 2.45) is 0 Å². The summed E-state index contributed by atoms with van der Waals surface area (Å²) < 4.78 is 16.0. The van der Waals surface area contributed by atoms with Gasteiger partial charge in [-0.05, 0) is 77.9 Å². The molecule has 2 N–H and O–H groups in total. The van der Waals surface area contributed by atoms with Gasteiger partial charge in [0.2, 0.25) is 5.91 Å². The number of hydrogen-bond acceptors (Lipinski definition) is 2. The number of halogens is 1. The molecule has 0 saturated heterocycles. The second-order valence-electron chi connectivity index (χ2n) is 9.11. The van der Waals surface area contributed by atoms with Gasteiger partial charge >= 0.3 is 5.97 Å². The Morgan fingerprint density at radius 1 is 1.14 bits per heavy atom. The van der Waals surface area contributed by atoms with E-state index >= 15 is 0 Å². The molecule has 2 atom stereocenters. The highest BCUT2D eigenvalue weighted by Gasteiger charge is 2.30. The fraction of sp³-hybridized carbons (Fsp3) is 0.241. The monoisotopic (exact) mass is 470 g/mol. The van der Waals surface area contributed by atoms with E-state index in [0.717, 1.165) is 38.5 Å². The zero-order valence-electron chi connectivity index (χ0n) is 19.5. The van der Waals surface area contributed by atoms with Crippen LogP contribution in [0.4, 0.5) is 4.39 Å². The molecule has 1 amide bonds. The van der Waals surface area contributed by atoms with E-state index in [1.165, 1.54) is 12.1 Å². The summed E-state index contributed by atoms with van der Waals surface area (Å²) in [6.07, 6.45) is 5.62. The Morgan fingerprint density at radius 3 is 2.71 bits per heavy atom. The normalized spacial score (nSPS) is 16.5. The number of aromatic nitrogens is 1. The average molecular weight is 471 g/mol. The van der Waals surface area contributed by atoms with Gasteiger partial charge in [-0.3, -0.25) is 4.79 Å². The Balaban J connectivity index is 1.37. The van der Waals surface area contributed by atoms with Crippen LogP contribution >= 0.6 is 0 Å². The lowest BCUT2D eigenvalue weighted by molar-refractivity contribution is -0.140. The van der Waals surface area contributed by atoms with E-state index < -0.39 is 12.0 Å². The van der Waals surface area contributed by atoms with Crippen LogP contribution in [0.1, 0.15) is 42.6 Å². The molecule has 1 aromatic heterocycles. The van der Waals surface area contributed by atoms with E-state index in [0.29, 0.717) is 25.7 Å². The third-order valence-electron chi connectivity index (χ3n) is 6.89. The summed E-state index contributed by atoms with van der Waals surface area (Å²) in [5.41, 5.74) is 3.53. The van der Waals surface area contributed by atoms with Gasteiger partial charge in [0.25, 0.3) is 0 Å². The molecule has 0 aliphatic heterocycles. The first-order valence-electron chi connectivity index (χ1n) is 12.0. The first-order valence-corrected chi connectivity index (χ1v) is 12.0. The standard InChI is InChI=1S/C29H27FN2O3/c1-2-25(29(34)35)32-26-12-10-21(30)16-23(26)24-17-22(11-13-27(24)32)31-28(33)14-8-18-7-9-19-5-3-4-6-20(19)15-18/h3-10,12,14-16,22,25H,2,11,13,17H2,1H3,(H,31,33)(H,34,35). The van der Waals surface area contributed by atoms with Gasteiger partial charge in [-0.15, -0.1) is 0 Å². The van der Waals surface area contributed by atoms with Gasteiger partial charge in [0.05, 0.1) is 0 Å². The molecule has 6 heteroatoms. The van der Waals surface area contributed by atoms with Crippen LogP contribution in [0, 0.1) is 5.82 Å². The highest BCUT2D eigenvalue weighted by molar-refractivity contribution is 5.93. The van der Waals surface area contributed by atoms with Crippen molar-refractivity contribution < 1.29 is 19.1 Å². The van der Waals surface area contributed by atoms with Gasteiger partial charge in [-0.2, -0.15) is 0 Å². The summed E-state index contributed by atoms with van der Waals surface area (Å²) in [6, 6.07) is 17.8. The molecule has 1 aliphatic rings. The zero-order valence-corrected chi connectivity index (χ0v) is 19.5. The number of benzene rings is 3. The van der Waals surface area contributed by atoms with Crippen molar-refractivity contribution in [1.29, 1.82) is 0 Å². The number of fused-ring (bicyclic) bond motifs is 4. The summed E-state index contributed by atoms with van der Waals surface area (Å²) >= 11 is 0. The lowest BCUT2D eigenvalue weighted by Gasteiger charge is -2.26. The fourth-order valence-electron chi connectivity index (χ4n) is 5.24. The van der Waals surface area contributed by atoms with Crippen LogP contribution in [0.25, 0.3) is 27.8 Å². The van der Waals surface area contributed by atoms with E-state index in [4.69, 9.17) is 0 Å². The maximum Gasteiger partial charge on any atom is 0.326 e. The molecule has 0 saturated carbocycles. The zero-order chi connectivity index (χ0) is 24.5. The molecular weight excluding hydrogens is 443 g/mol. The SMILES string of the molecule is CCC(C(=O)O)n1c2c(c3cc(F)ccc31)CC(NC(=O)C=Cc1ccc3ccccc3c1)CC2. The highest BCUT2D eigenvalue weighted by Crippen LogP contribution is 2.36. The molecule has 2 unspecified atom stereocenters. The van der Waals surface area contributed by atoms with Crippen molar-refractivity contribution in [2.75, 3.05) is 0 Å². The van der Waals surface area contributed by atoms with Crippen molar-refractivity contribution in [3.8, 4) is 0 Å². The lowest BCUT2D eigenvalue weighted by atomic mass is 9.91. The summed E-state index contributed by atoms with van der Waals surface area (Å²) in [7, 11) is 0. The van der Waals surface area contributed by atoms with E-state index in [-0.39, 0.29) is 17.8 Å². The molecule has 4 aromatic rings. The Morgan fingerprint density at radius 2 is 1.94 bits per heavy atom. The number of amides is 1. The van der Waals surface area contributed by atoms with Gasteiger partial charge in [-0.1, -0.05) is 43.3 Å². The van der Waals surface area contributed by atoms with Crippen LogP contribution < -0.4 is 5.32 Å². The van der Waals surface area contributed by atoms with E-state index in [1.54, 1.807) is 18.2 Å². The van der Waals surface area contributed by atoms with E-state index in [9.17, 15) is 19.1 Å². The topological polar surface area (TPSA) is 71.3 Å². The van der Waals surface area contributed by atoms with Gasteiger partial charge < -0.3 is 15.0 Å². The largest absolute Gasteiger partial charge is 0.480 e. The molecule has 178 valence electrons. The number of carbonyl (C=O) groups excluding carboxylic acids is 1. The predicted molar refractivity (Wildman–Crippen MR) is 136 cm³/mol. The highest BCUT2D eigenvalue weighted by atomic mass is 19.1. The van der Waals surface area contributed by atoms with Crippen molar-refractivity contribution in [3.05, 3.63) is 89.4 Å². The number of hydrogen-bond donors (Lipinski definition) is 2. The minimum absolute atomic E-state index is 0.108. The summed E-state index contributed by atoms with van der Waals surface area (Å²) in [5.74, 6) is -1.44. The van der Waals surface area contributed by atoms with Crippen LogP contribution in [0.2, 0.25) is 0 Å². The van der Waals surface area contributed by atoms with Crippen LogP contribution in [0.3, 0.4) is 0 Å². The van der Waals surface area contributed by atoms with Crippen molar-refractivity contribution in [1.82, 2.24) is 9.88 Å². The first-order chi connectivity index (χ1) is 16.9. The van der Waals surface area contributed by atoms with Crippen LogP contribution in [-0.4, -0.2) is 27.6 Å². The van der Waals surface area contributed by atoms with Crippen molar-refractivity contribution in [2.45, 2.75) is 44.7 Å². The molecule has 0 radical (unpaired) electrons. The number of nitrogens with zero attached hydrogens (tertiary/aromatic N) is 1. The molecule has 0 fully saturated rings. The third-order valence-corrected chi connectivity index (χ3v) is 6.89. The first kappa shape index (κ1) is 22.8. The minimum Gasteiger partial charge on any atom is -0.480 e. The second-order valence-corrected chi connectivity index (χ2v) is 9.11. The minimum atomic E-state index is -0.897. The van der Waals surface area contributed by atoms with Gasteiger partial charge in [0.1, 0.15) is 11.9 Å². The maximum atomic E-state index is 14.1. The number of nitrogens with one attached hydrogen (secondary N) is 1. The smallest absolute Gasteiger partial charge is 0.326 e. The third kappa shape index (κ3) is 4.44. The quantitative estimate of drug-likeness (QED) is 0.358. The lowest BCUT2D eigenvalue weighted by Crippen LogP contribution is -2.38. The van der Waals surface area contributed by atoms with Crippen molar-refractivity contribution >= 4 is 39.6 Å². The molecular formula is C29H27FN2O3. The molecule has 5 rings (SSSR count). The Bertz CT molecular complexity index is 1470. The summed E-state index contributed by atoms with van der Waals surface area (Å²) in [5, 5.41) is 15.9. The van der Waals surface area contributed by atoms with Gasteiger partial charge in [0.15, 0.2) is 0 Å². The summed E-state index contributed by atoms with van der Waals surface area (Å²) in [4.78, 5) is 24.6. The molecule has 5 nitrogen and oxygen atoms in total. The molecule has 35 heavy (non-hydrogen) atoms. The van der Waals surface area contributed by atoms with Crippen LogP contribution in [-0.2, 0) is 22.4 Å². The number of carboxylic acid groups (broad SMARTS) is 1. The Hall–Kier alpha value is -3.93. The number of aliphatic carboxylic acids is 1. The maximum absolute atomic E-state index is 14.1. The molecule has 0 bridgehead atoms. The molecule has 1 aliphatic carbocycles. The molecule has 1 heterocycles. The fourth-order valence-corrected chi connectivity index (χ4v) is 5.24. The van der Waals surface area contributed by atoms with Crippen molar-refractivity contribution in [3.63, 3.8) is 0 Å². The van der Waals surface area contributed by atoms with E-state index in [2.05, 4.69) is 11.4 Å².